The van der Waals surface area contributed by atoms with E-state index in [1.807, 2.05) is 0 Å². The van der Waals surface area contributed by atoms with E-state index in [1.54, 1.807) is 6.92 Å². The highest BCUT2D eigenvalue weighted by Crippen LogP contribution is 2.23. The van der Waals surface area contributed by atoms with E-state index in [2.05, 4.69) is 6.92 Å². The molecule has 0 saturated carbocycles. The number of hydrogen-bond donors (Lipinski definition) is 1. The number of hydrogen-bond acceptors (Lipinski definition) is 3. The van der Waals surface area contributed by atoms with E-state index in [4.69, 9.17) is 5.11 Å². The Morgan fingerprint density at radius 2 is 2.21 bits per heavy atom. The highest BCUT2D eigenvalue weighted by Gasteiger charge is 2.33. The first-order chi connectivity index (χ1) is 6.52. The van der Waals surface area contributed by atoms with Crippen molar-refractivity contribution in [3.63, 3.8) is 0 Å². The molecule has 1 aliphatic heterocycles. The summed E-state index contributed by atoms with van der Waals surface area (Å²) in [4.78, 5) is 0. The average molecular weight is 221 g/mol. The molecule has 0 aromatic rings. The normalized spacial score (nSPS) is 26.6. The summed E-state index contributed by atoms with van der Waals surface area (Å²) >= 11 is 0. The van der Waals surface area contributed by atoms with Gasteiger partial charge < -0.3 is 5.11 Å². The van der Waals surface area contributed by atoms with Crippen LogP contribution in [-0.2, 0) is 10.0 Å². The van der Waals surface area contributed by atoms with Gasteiger partial charge in [0, 0.05) is 13.1 Å². The first-order valence-corrected chi connectivity index (χ1v) is 6.62. The highest BCUT2D eigenvalue weighted by atomic mass is 32.2. The molecule has 0 aliphatic carbocycles. The predicted molar refractivity (Wildman–Crippen MR) is 55.4 cm³/mol. The molecule has 1 N–H and O–H groups in total. The van der Waals surface area contributed by atoms with Crippen LogP contribution in [0.3, 0.4) is 0 Å². The Bertz CT molecular complexity index is 276. The van der Waals surface area contributed by atoms with E-state index < -0.39 is 15.3 Å². The minimum atomic E-state index is -3.25. The van der Waals surface area contributed by atoms with Gasteiger partial charge in [0.25, 0.3) is 0 Å². The zero-order valence-corrected chi connectivity index (χ0v) is 9.63. The van der Waals surface area contributed by atoms with Gasteiger partial charge in [-0.2, -0.15) is 0 Å². The van der Waals surface area contributed by atoms with Gasteiger partial charge in [-0.05, 0) is 19.3 Å². The van der Waals surface area contributed by atoms with Crippen LogP contribution >= 0.6 is 0 Å². The van der Waals surface area contributed by atoms with Crippen LogP contribution in [-0.4, -0.2) is 42.8 Å². The lowest BCUT2D eigenvalue weighted by Gasteiger charge is -2.20. The lowest BCUT2D eigenvalue weighted by molar-refractivity contribution is 0.290. The second-order valence-corrected chi connectivity index (χ2v) is 6.31. The van der Waals surface area contributed by atoms with Crippen molar-refractivity contribution in [1.29, 1.82) is 0 Å². The molecule has 0 aromatic carbocycles. The van der Waals surface area contributed by atoms with Gasteiger partial charge in [-0.25, -0.2) is 12.7 Å². The minimum Gasteiger partial charge on any atom is -0.395 e. The predicted octanol–water partition coefficient (Wildman–Crippen LogP) is 0.429. The molecule has 0 bridgehead atoms. The Kier molecular flexibility index (Phi) is 3.92. The van der Waals surface area contributed by atoms with Crippen LogP contribution in [0.5, 0.6) is 0 Å². The van der Waals surface area contributed by atoms with Crippen molar-refractivity contribution >= 4 is 10.0 Å². The largest absolute Gasteiger partial charge is 0.395 e. The third-order valence-electron chi connectivity index (χ3n) is 2.95. The SMILES string of the molecule is CCC1CCN(S(=O)(=O)C(C)CO)C1. The van der Waals surface area contributed by atoms with Crippen LogP contribution < -0.4 is 0 Å². The smallest absolute Gasteiger partial charge is 0.218 e. The van der Waals surface area contributed by atoms with Gasteiger partial charge in [0.2, 0.25) is 10.0 Å². The van der Waals surface area contributed by atoms with Crippen LogP contribution in [0.25, 0.3) is 0 Å². The summed E-state index contributed by atoms with van der Waals surface area (Å²) in [6, 6.07) is 0. The minimum absolute atomic E-state index is 0.296. The average Bonchev–Trinajstić information content (AvgIpc) is 2.65. The number of nitrogens with zero attached hydrogens (tertiary/aromatic N) is 1. The van der Waals surface area contributed by atoms with Crippen LogP contribution in [0.1, 0.15) is 26.7 Å². The van der Waals surface area contributed by atoms with Crippen LogP contribution in [0.15, 0.2) is 0 Å². The van der Waals surface area contributed by atoms with E-state index in [0.717, 1.165) is 12.8 Å². The fraction of sp³-hybridized carbons (Fsp3) is 1.00. The molecule has 1 fully saturated rings. The van der Waals surface area contributed by atoms with Gasteiger partial charge in [-0.15, -0.1) is 0 Å². The van der Waals surface area contributed by atoms with Crippen molar-refractivity contribution in [2.24, 2.45) is 5.92 Å². The van der Waals surface area contributed by atoms with Gasteiger partial charge in [0.05, 0.1) is 11.9 Å². The van der Waals surface area contributed by atoms with Gasteiger partial charge in [-0.1, -0.05) is 13.3 Å². The summed E-state index contributed by atoms with van der Waals surface area (Å²) in [5.74, 6) is 0.496. The standard InChI is InChI=1S/C9H19NO3S/c1-3-9-4-5-10(6-9)14(12,13)8(2)7-11/h8-9,11H,3-7H2,1-2H3. The monoisotopic (exact) mass is 221 g/mol. The third-order valence-corrected chi connectivity index (χ3v) is 5.17. The third kappa shape index (κ3) is 2.27. The Labute approximate surface area is 86.0 Å². The molecule has 0 amide bonds. The molecule has 1 aliphatic rings. The second kappa shape index (κ2) is 4.59. The molecule has 4 nitrogen and oxygen atoms in total. The van der Waals surface area contributed by atoms with Crippen molar-refractivity contribution < 1.29 is 13.5 Å². The lowest BCUT2D eigenvalue weighted by atomic mass is 10.1. The highest BCUT2D eigenvalue weighted by molar-refractivity contribution is 7.89. The summed E-state index contributed by atoms with van der Waals surface area (Å²) in [6.07, 6.45) is 1.98. The molecule has 0 radical (unpaired) electrons. The maximum Gasteiger partial charge on any atom is 0.218 e. The summed E-state index contributed by atoms with van der Waals surface area (Å²) in [7, 11) is -3.25. The quantitative estimate of drug-likeness (QED) is 0.749. The van der Waals surface area contributed by atoms with E-state index in [-0.39, 0.29) is 6.61 Å². The zero-order valence-electron chi connectivity index (χ0n) is 8.81. The summed E-state index contributed by atoms with van der Waals surface area (Å²) in [5, 5.41) is 8.18. The Morgan fingerprint density at radius 1 is 1.57 bits per heavy atom. The first-order valence-electron chi connectivity index (χ1n) is 5.12. The Hall–Kier alpha value is -0.130. The van der Waals surface area contributed by atoms with E-state index in [9.17, 15) is 8.42 Å². The zero-order chi connectivity index (χ0) is 10.8. The molecule has 0 spiro atoms. The molecule has 1 rings (SSSR count). The Balaban J connectivity index is 2.66. The summed E-state index contributed by atoms with van der Waals surface area (Å²) in [5.41, 5.74) is 0. The number of aliphatic hydroxyl groups excluding tert-OH is 1. The van der Waals surface area contributed by atoms with Crippen molar-refractivity contribution in [1.82, 2.24) is 4.31 Å². The number of sulfonamides is 1. The summed E-state index contributed by atoms with van der Waals surface area (Å²) in [6.45, 7) is 4.58. The maximum absolute atomic E-state index is 11.8. The molecule has 2 atom stereocenters. The maximum atomic E-state index is 11.8. The summed E-state index contributed by atoms with van der Waals surface area (Å²) < 4.78 is 25.1. The molecule has 0 aromatic heterocycles. The van der Waals surface area contributed by atoms with Crippen LogP contribution in [0.2, 0.25) is 0 Å². The van der Waals surface area contributed by atoms with Crippen molar-refractivity contribution in [3.05, 3.63) is 0 Å². The number of rotatable bonds is 4. The molecule has 14 heavy (non-hydrogen) atoms. The Morgan fingerprint density at radius 3 is 2.64 bits per heavy atom. The topological polar surface area (TPSA) is 57.6 Å². The van der Waals surface area contributed by atoms with Gasteiger partial charge in [0.1, 0.15) is 0 Å². The van der Waals surface area contributed by atoms with Crippen LogP contribution in [0.4, 0.5) is 0 Å². The van der Waals surface area contributed by atoms with Gasteiger partial charge >= 0.3 is 0 Å². The van der Waals surface area contributed by atoms with E-state index in [0.29, 0.717) is 19.0 Å². The van der Waals surface area contributed by atoms with E-state index in [1.165, 1.54) is 4.31 Å². The molecule has 2 unspecified atom stereocenters. The molecular formula is C9H19NO3S. The molecule has 1 heterocycles. The molecule has 84 valence electrons. The fourth-order valence-electron chi connectivity index (χ4n) is 1.71. The number of aliphatic hydroxyl groups is 1. The lowest BCUT2D eigenvalue weighted by Crippen LogP contribution is -2.37. The van der Waals surface area contributed by atoms with Crippen molar-refractivity contribution in [3.8, 4) is 0 Å². The molecule has 1 saturated heterocycles. The van der Waals surface area contributed by atoms with Gasteiger partial charge in [0.15, 0.2) is 0 Å². The van der Waals surface area contributed by atoms with Crippen molar-refractivity contribution in [2.45, 2.75) is 31.9 Å². The van der Waals surface area contributed by atoms with Gasteiger partial charge in [-0.3, -0.25) is 0 Å². The van der Waals surface area contributed by atoms with Crippen LogP contribution in [0, 0.1) is 5.92 Å². The van der Waals surface area contributed by atoms with Crippen molar-refractivity contribution in [2.75, 3.05) is 19.7 Å². The first kappa shape index (κ1) is 11.9. The van der Waals surface area contributed by atoms with E-state index >= 15 is 0 Å². The fourth-order valence-corrected chi connectivity index (χ4v) is 3.19. The second-order valence-electron chi connectivity index (χ2n) is 3.96. The molecular weight excluding hydrogens is 202 g/mol. The molecule has 5 heteroatoms.